The van der Waals surface area contributed by atoms with Gasteiger partial charge in [0.2, 0.25) is 47.3 Å². The van der Waals surface area contributed by atoms with Gasteiger partial charge >= 0.3 is 17.9 Å². The number of amides is 8. The van der Waals surface area contributed by atoms with Crippen LogP contribution < -0.4 is 48.3 Å². The van der Waals surface area contributed by atoms with Crippen LogP contribution in [0.1, 0.15) is 56.7 Å². The first-order chi connectivity index (χ1) is 46.1. The molecule has 0 unspecified atom stereocenters. The Hall–Kier alpha value is -8.90. The van der Waals surface area contributed by atoms with Crippen molar-refractivity contribution in [3.63, 3.8) is 0 Å². The van der Waals surface area contributed by atoms with Gasteiger partial charge < -0.3 is 89.0 Å². The number of hydrogen-bond acceptors (Lipinski definition) is 21. The highest BCUT2D eigenvalue weighted by Crippen LogP contribution is 2.25. The number of unbranched alkanes of at least 4 members (excludes halogenated alkanes) is 1. The van der Waals surface area contributed by atoms with E-state index >= 15 is 9.59 Å². The van der Waals surface area contributed by atoms with E-state index in [2.05, 4.69) is 47.5 Å². The first kappa shape index (κ1) is 78.8. The molecule has 32 nitrogen and oxygen atoms in total. The van der Waals surface area contributed by atoms with E-state index in [0.717, 1.165) is 35.4 Å². The number of rotatable bonds is 24. The predicted molar refractivity (Wildman–Crippen MR) is 356 cm³/mol. The summed E-state index contributed by atoms with van der Waals surface area (Å²) in [5, 5.41) is 89.7. The summed E-state index contributed by atoms with van der Waals surface area (Å²) in [6.45, 7) is 3.77. The third-order valence-corrected chi connectivity index (χ3v) is 17.9. The fourth-order valence-electron chi connectivity index (χ4n) is 10.4. The Morgan fingerprint density at radius 2 is 1.15 bits per heavy atom. The van der Waals surface area contributed by atoms with Crippen LogP contribution in [0.15, 0.2) is 85.1 Å². The van der Waals surface area contributed by atoms with Crippen molar-refractivity contribution in [1.82, 2.24) is 62.2 Å². The molecular formula is C63H87N13O19S2. The Labute approximate surface area is 566 Å². The number of aromatic amines is 1. The molecule has 97 heavy (non-hydrogen) atoms. The van der Waals surface area contributed by atoms with E-state index in [1.54, 1.807) is 75.5 Å². The minimum Gasteiger partial charge on any atom is -0.508 e. The van der Waals surface area contributed by atoms with Crippen LogP contribution >= 0.6 is 21.6 Å². The molecule has 3 heterocycles. The van der Waals surface area contributed by atoms with Gasteiger partial charge in [0.05, 0.1) is 31.8 Å². The summed E-state index contributed by atoms with van der Waals surface area (Å²) in [6, 6.07) is 8.35. The topological polar surface area (TPSA) is 494 Å². The first-order valence-corrected chi connectivity index (χ1v) is 33.7. The van der Waals surface area contributed by atoms with Gasteiger partial charge in [-0.05, 0) is 74.5 Å². The van der Waals surface area contributed by atoms with Gasteiger partial charge in [0.1, 0.15) is 48.0 Å². The fraction of sp³-hybridized carbons (Fsp3) is 0.492. The molecule has 34 heteroatoms. The number of aliphatic carboxylic acids is 4. The quantitative estimate of drug-likeness (QED) is 0.0251. The molecule has 0 spiro atoms. The highest BCUT2D eigenvalue weighted by molar-refractivity contribution is 8.76. The molecule has 0 aliphatic carbocycles. The fourth-order valence-corrected chi connectivity index (χ4v) is 12.7. The summed E-state index contributed by atoms with van der Waals surface area (Å²) in [5.74, 6) is -13.3. The zero-order chi connectivity index (χ0) is 71.3. The molecule has 18 N–H and O–H groups in total. The molecule has 0 radical (unpaired) electrons. The maximum Gasteiger partial charge on any atom is 0.328 e. The molecule has 1 aromatic heterocycles. The summed E-state index contributed by atoms with van der Waals surface area (Å²) in [4.78, 5) is 170. The first-order valence-electron chi connectivity index (χ1n) is 31.2. The normalized spacial score (nSPS) is 21.4. The number of carbonyl (C=O) groups excluding carboxylic acids is 8. The van der Waals surface area contributed by atoms with Gasteiger partial charge in [-0.2, -0.15) is 0 Å². The Morgan fingerprint density at radius 3 is 1.72 bits per heavy atom. The number of phenolic OH excluding ortho intramolecular Hbond substituents is 1. The monoisotopic (exact) mass is 1390 g/mol. The molecule has 4 aromatic rings. The highest BCUT2D eigenvalue weighted by Gasteiger charge is 2.38. The lowest BCUT2D eigenvalue weighted by Crippen LogP contribution is -2.62. The zero-order valence-corrected chi connectivity index (χ0v) is 55.5. The summed E-state index contributed by atoms with van der Waals surface area (Å²) in [5.41, 5.74) is 8.03. The number of H-pyrrole nitrogens is 1. The lowest BCUT2D eigenvalue weighted by molar-refractivity contribution is -0.145. The van der Waals surface area contributed by atoms with Crippen molar-refractivity contribution in [1.29, 1.82) is 0 Å². The zero-order valence-electron chi connectivity index (χ0n) is 53.8. The molecule has 0 saturated carbocycles. The lowest BCUT2D eigenvalue weighted by atomic mass is 10.0. The predicted octanol–water partition coefficient (Wildman–Crippen LogP) is -2.67. The van der Waals surface area contributed by atoms with Crippen LogP contribution in [-0.4, -0.2) is 264 Å². The molecule has 3 aromatic carbocycles. The smallest absolute Gasteiger partial charge is 0.328 e. The second-order valence-electron chi connectivity index (χ2n) is 23.3. The number of aliphatic hydroxyl groups is 2. The number of benzene rings is 3. The standard InChI is InChI=1S/C61H83N13O17S2.C2H4O2/c1-35(75)52-60(89)69-48(59(88)71-53(36(2)76)61(90)91)34-93-92-33-47(68-55(84)44(26-37-10-4-3-5-11-37)64-49(78)30-72-20-22-73(31-50(79)80)24-25-74(23-21-72)32-51(81)82)58(87)66-45(27-38-15-17-40(77)18-16-38)56(85)67-46(28-39-29-63-42-13-7-6-12-41(39)42)57(86)65-43(54(83)70-52)14-8-9-19-62;1-2(3)4/h3-7,10-13,15-18,29,35-36,43-48,52-53,63,75-77H,8-9,14,19-28,30-34,62H2,1-2H3,(H,64,78)(H,65,86)(H,66,87)(H,67,85)(H,68,84)(H,69,89)(H,70,83)(H,71,88)(H,79,80)(H,81,82)(H,90,91);1H3,(H,3,4)/t35-,36-,43+,44-,45+,46-,47+,48+,52+,53+;/m1./s1. The largest absolute Gasteiger partial charge is 0.508 e. The van der Waals surface area contributed by atoms with Crippen molar-refractivity contribution >= 4 is 104 Å². The van der Waals surface area contributed by atoms with Gasteiger partial charge in [-0.15, -0.1) is 0 Å². The van der Waals surface area contributed by atoms with Crippen LogP contribution in [0.4, 0.5) is 0 Å². The third-order valence-electron chi connectivity index (χ3n) is 15.5. The van der Waals surface area contributed by atoms with Crippen LogP contribution in [0.2, 0.25) is 0 Å². The summed E-state index contributed by atoms with van der Waals surface area (Å²) < 4.78 is 0. The van der Waals surface area contributed by atoms with Gasteiger partial charge in [0.15, 0.2) is 6.04 Å². The minimum absolute atomic E-state index is 0.0729. The maximum atomic E-state index is 15.2. The minimum atomic E-state index is -1.89. The Bertz CT molecular complexity index is 3300. The van der Waals surface area contributed by atoms with Crippen LogP contribution in [0.5, 0.6) is 5.75 Å². The molecular weight excluding hydrogens is 1310 g/mol. The van der Waals surface area contributed by atoms with Crippen molar-refractivity contribution < 1.29 is 93.3 Å². The van der Waals surface area contributed by atoms with Crippen molar-refractivity contribution in [2.75, 3.05) is 77.0 Å². The van der Waals surface area contributed by atoms with Crippen molar-refractivity contribution in [2.45, 2.75) is 120 Å². The van der Waals surface area contributed by atoms with Crippen LogP contribution in [-0.2, 0) is 76.8 Å². The number of aromatic nitrogens is 1. The number of para-hydroxylation sites is 1. The van der Waals surface area contributed by atoms with E-state index < -0.39 is 143 Å². The summed E-state index contributed by atoms with van der Waals surface area (Å²) in [7, 11) is 1.70. The van der Waals surface area contributed by atoms with E-state index in [1.807, 2.05) is 0 Å². The number of aromatic hydroxyl groups is 1. The second-order valence-corrected chi connectivity index (χ2v) is 25.9. The van der Waals surface area contributed by atoms with Gasteiger partial charge in [-0.25, -0.2) is 4.79 Å². The van der Waals surface area contributed by atoms with E-state index in [1.165, 1.54) is 31.2 Å². The maximum absolute atomic E-state index is 15.2. The lowest BCUT2D eigenvalue weighted by Gasteiger charge is -2.29. The number of phenols is 1. The van der Waals surface area contributed by atoms with E-state index in [-0.39, 0.29) is 103 Å². The number of hydrogen-bond donors (Lipinski definition) is 17. The Kier molecular flexibility index (Phi) is 32.5. The number of nitrogens with one attached hydrogen (secondary N) is 9. The molecule has 530 valence electrons. The number of fused-ring (bicyclic) bond motifs is 1. The van der Waals surface area contributed by atoms with E-state index in [4.69, 9.17) is 15.6 Å². The number of carboxylic acids is 4. The number of aliphatic hydroxyl groups excluding tert-OH is 2. The van der Waals surface area contributed by atoms with Gasteiger partial charge in [0, 0.05) is 94.1 Å². The van der Waals surface area contributed by atoms with Crippen molar-refractivity contribution in [3.8, 4) is 5.75 Å². The van der Waals surface area contributed by atoms with E-state index in [0.29, 0.717) is 34.0 Å². The third kappa shape index (κ3) is 27.3. The Morgan fingerprint density at radius 1 is 0.619 bits per heavy atom. The highest BCUT2D eigenvalue weighted by atomic mass is 33.1. The summed E-state index contributed by atoms with van der Waals surface area (Å²) in [6.07, 6.45) is -1.74. The van der Waals surface area contributed by atoms with Gasteiger partial charge in [0.25, 0.3) is 5.97 Å². The molecule has 6 rings (SSSR count). The molecule has 2 aliphatic heterocycles. The molecule has 2 saturated heterocycles. The van der Waals surface area contributed by atoms with Gasteiger partial charge in [-0.3, -0.25) is 67.4 Å². The van der Waals surface area contributed by atoms with Crippen molar-refractivity contribution in [3.05, 3.63) is 102 Å². The molecule has 10 atom stereocenters. The molecule has 0 bridgehead atoms. The van der Waals surface area contributed by atoms with Crippen LogP contribution in [0.3, 0.4) is 0 Å². The number of carboxylic acid groups (broad SMARTS) is 4. The number of carbonyl (C=O) groups is 12. The number of nitrogens with two attached hydrogens (primary N) is 1. The average Bonchev–Trinajstić information content (AvgIpc) is 1.41. The average molecular weight is 1390 g/mol. The number of nitrogens with zero attached hydrogens (tertiary/aromatic N) is 3. The van der Waals surface area contributed by atoms with E-state index in [9.17, 15) is 73.8 Å². The Balaban J connectivity index is 0.00000413. The van der Waals surface area contributed by atoms with Crippen LogP contribution in [0.25, 0.3) is 10.9 Å². The van der Waals surface area contributed by atoms with Crippen LogP contribution in [0, 0.1) is 0 Å². The molecule has 2 fully saturated rings. The molecule has 2 aliphatic rings. The molecule has 8 amide bonds. The SMILES string of the molecule is CC(=O)O.C[C@@H](O)[C@H](NC(=O)[C@@H]1CSSC[C@H](NC(=O)[C@@H](Cc2ccccc2)NC(=O)CN2CCN(CC(=O)O)CCN(CC(=O)O)CC2)C(=O)N[C@@H](Cc2ccc(O)cc2)C(=O)N[C@H](Cc2c[nH]c3ccccc23)C(=O)N[C@@H](CCCCN)C(=O)N[C@@H]([C@@H](C)O)C(=O)N1)C(=O)O. The van der Waals surface area contributed by atoms with Crippen molar-refractivity contribution in [2.24, 2.45) is 5.73 Å². The summed E-state index contributed by atoms with van der Waals surface area (Å²) >= 11 is 0. The second kappa shape index (κ2) is 40.0. The van der Waals surface area contributed by atoms with Gasteiger partial charge in [-0.1, -0.05) is 82.3 Å².